The fraction of sp³-hybridized carbons (Fsp3) is 0.333. The number of piperazine rings is 1. The zero-order valence-corrected chi connectivity index (χ0v) is 22.1. The molecule has 2 unspecified atom stereocenters. The number of hydrogen-bond donors (Lipinski definition) is 7. The van der Waals surface area contributed by atoms with Crippen LogP contribution in [0.2, 0.25) is 5.02 Å². The van der Waals surface area contributed by atoms with Crippen LogP contribution < -0.4 is 15.3 Å². The lowest BCUT2D eigenvalue weighted by Gasteiger charge is -2.37. The highest BCUT2D eigenvalue weighted by Crippen LogP contribution is 2.38. The van der Waals surface area contributed by atoms with Gasteiger partial charge in [-0.05, 0) is 31.0 Å². The number of halogens is 2. The molecule has 0 aliphatic carbocycles. The number of phenols is 2. The number of aliphatic hydroxyl groups is 1. The van der Waals surface area contributed by atoms with Gasteiger partial charge in [-0.2, -0.15) is 0 Å². The van der Waals surface area contributed by atoms with Gasteiger partial charge in [-0.25, -0.2) is 9.18 Å². The fourth-order valence-electron chi connectivity index (χ4n) is 4.59. The van der Waals surface area contributed by atoms with Gasteiger partial charge in [0, 0.05) is 25.2 Å². The van der Waals surface area contributed by atoms with E-state index < -0.39 is 82.8 Å². The van der Waals surface area contributed by atoms with Crippen molar-refractivity contribution in [2.24, 2.45) is 0 Å². The second-order valence-electron chi connectivity index (χ2n) is 9.24. The summed E-state index contributed by atoms with van der Waals surface area (Å²) >= 11 is 6.18. The molecule has 0 bridgehead atoms. The number of carbonyl (C=O) groups is 4. The molecule has 1 saturated heterocycles. The number of aromatic carboxylic acids is 1. The van der Waals surface area contributed by atoms with Gasteiger partial charge >= 0.3 is 24.9 Å². The summed E-state index contributed by atoms with van der Waals surface area (Å²) in [6, 6.07) is 2.67. The predicted octanol–water partition coefficient (Wildman–Crippen LogP) is -0.675. The van der Waals surface area contributed by atoms with Crippen molar-refractivity contribution in [2.75, 3.05) is 19.6 Å². The maximum Gasteiger partial charge on any atom is 0.547 e. The summed E-state index contributed by atoms with van der Waals surface area (Å²) in [4.78, 5) is 52.0. The van der Waals surface area contributed by atoms with E-state index in [4.69, 9.17) is 16.3 Å². The van der Waals surface area contributed by atoms with Crippen molar-refractivity contribution in [1.29, 1.82) is 0 Å². The lowest BCUT2D eigenvalue weighted by molar-refractivity contribution is -0.166. The number of amides is 3. The topological polar surface area (TPSA) is 209 Å². The van der Waals surface area contributed by atoms with E-state index in [9.17, 15) is 49.0 Å². The molecule has 0 saturated carbocycles. The fourth-order valence-corrected chi connectivity index (χ4v) is 4.86. The van der Waals surface area contributed by atoms with Gasteiger partial charge in [0.25, 0.3) is 0 Å². The highest BCUT2D eigenvalue weighted by atomic mass is 35.5. The molecular weight excluding hydrogens is 570 g/mol. The van der Waals surface area contributed by atoms with E-state index in [0.717, 1.165) is 23.1 Å². The third-order valence-corrected chi connectivity index (χ3v) is 7.18. The Kier molecular flexibility index (Phi) is 8.58. The number of hydrogen-bond acceptors (Lipinski definition) is 10. The Hall–Kier alpha value is -4.12. The number of likely N-dealkylation sites (N-methyl/N-ethyl adjacent to an activating group) is 1. The third kappa shape index (κ3) is 5.72. The number of carbonyl (C=O) groups excluding carboxylic acids is 3. The van der Waals surface area contributed by atoms with Crippen molar-refractivity contribution in [1.82, 2.24) is 20.4 Å². The standard InChI is InChI=1S/C24H25BClFN4O10/c1-2-30-7-8-31(22(36)21(30)35)24(39)29-17(11-4-6-13(32)18(33)16(11)26)20(34)28-14-9-10-3-5-12(27)15(23(37)38)19(10)41-25(14)40/h3-6,14,17,24,29,32-33,39-40H,2,7-9H2,1H3,(H,28,34)(H,37,38)/t14-,17?,24?/m0/s1. The van der Waals surface area contributed by atoms with Crippen molar-refractivity contribution < 1.29 is 53.7 Å². The first-order valence-electron chi connectivity index (χ1n) is 12.3. The van der Waals surface area contributed by atoms with Gasteiger partial charge in [-0.15, -0.1) is 0 Å². The zero-order valence-electron chi connectivity index (χ0n) is 21.4. The van der Waals surface area contributed by atoms with Gasteiger partial charge < -0.3 is 40.3 Å². The molecule has 7 N–H and O–H groups in total. The van der Waals surface area contributed by atoms with Gasteiger partial charge in [-0.1, -0.05) is 23.7 Å². The first-order valence-corrected chi connectivity index (χ1v) is 12.7. The van der Waals surface area contributed by atoms with Crippen LogP contribution in [-0.4, -0.2) is 98.0 Å². The molecule has 1 fully saturated rings. The lowest BCUT2D eigenvalue weighted by Crippen LogP contribution is -2.62. The van der Waals surface area contributed by atoms with Crippen LogP contribution >= 0.6 is 11.6 Å². The maximum absolute atomic E-state index is 14.1. The predicted molar refractivity (Wildman–Crippen MR) is 138 cm³/mol. The molecule has 218 valence electrons. The van der Waals surface area contributed by atoms with Crippen molar-refractivity contribution >= 4 is 42.4 Å². The number of nitrogens with one attached hydrogen (secondary N) is 2. The third-order valence-electron chi connectivity index (χ3n) is 6.78. The second-order valence-corrected chi connectivity index (χ2v) is 9.61. The molecule has 2 heterocycles. The van der Waals surface area contributed by atoms with Crippen LogP contribution in [0.25, 0.3) is 0 Å². The molecule has 3 atom stereocenters. The van der Waals surface area contributed by atoms with Gasteiger partial charge in [-0.3, -0.25) is 24.6 Å². The normalized spacial score (nSPS) is 18.5. The van der Waals surface area contributed by atoms with Crippen LogP contribution in [0, 0.1) is 5.82 Å². The Morgan fingerprint density at radius 2 is 1.90 bits per heavy atom. The summed E-state index contributed by atoms with van der Waals surface area (Å²) in [5.74, 6) is -8.58. The summed E-state index contributed by atoms with van der Waals surface area (Å²) in [7, 11) is -1.83. The van der Waals surface area contributed by atoms with Crippen LogP contribution in [0.1, 0.15) is 34.5 Å². The lowest BCUT2D eigenvalue weighted by atomic mass is 9.72. The number of nitrogens with zero attached hydrogens (tertiary/aromatic N) is 2. The molecule has 0 spiro atoms. The SMILES string of the molecule is CCN1CCN(C(O)NC(C(=O)N[C@H]2Cc3ccc(F)c(C(=O)O)c3OB2O)c2ccc(O)c(O)c2Cl)C(=O)C1=O. The molecule has 4 rings (SSSR count). The van der Waals surface area contributed by atoms with E-state index in [1.54, 1.807) is 6.92 Å². The number of carboxylic acids is 1. The quantitative estimate of drug-likeness (QED) is 0.0882. The molecule has 41 heavy (non-hydrogen) atoms. The molecular formula is C24H25BClFN4O10. The van der Waals surface area contributed by atoms with Gasteiger partial charge in [0.15, 0.2) is 17.9 Å². The van der Waals surface area contributed by atoms with Crippen molar-refractivity contribution in [3.63, 3.8) is 0 Å². The van der Waals surface area contributed by atoms with Gasteiger partial charge in [0.05, 0.1) is 11.0 Å². The van der Waals surface area contributed by atoms with E-state index >= 15 is 0 Å². The number of benzene rings is 2. The Morgan fingerprint density at radius 3 is 2.56 bits per heavy atom. The van der Waals surface area contributed by atoms with Crippen LogP contribution in [0.4, 0.5) is 4.39 Å². The first kappa shape index (κ1) is 29.9. The van der Waals surface area contributed by atoms with E-state index in [0.29, 0.717) is 0 Å². The van der Waals surface area contributed by atoms with Crippen molar-refractivity contribution in [2.45, 2.75) is 31.7 Å². The van der Waals surface area contributed by atoms with E-state index in [1.165, 1.54) is 11.0 Å². The number of rotatable bonds is 8. The average molecular weight is 595 g/mol. The molecule has 14 nitrogen and oxygen atoms in total. The van der Waals surface area contributed by atoms with E-state index in [2.05, 4.69) is 10.6 Å². The molecule has 17 heteroatoms. The highest BCUT2D eigenvalue weighted by Gasteiger charge is 2.42. The Labute approximate surface area is 237 Å². The zero-order chi connectivity index (χ0) is 30.2. The summed E-state index contributed by atoms with van der Waals surface area (Å²) in [6.07, 6.45) is -2.10. The number of fused-ring (bicyclic) bond motifs is 1. The molecule has 2 aliphatic heterocycles. The van der Waals surface area contributed by atoms with Crippen LogP contribution in [0.3, 0.4) is 0 Å². The van der Waals surface area contributed by atoms with Crippen LogP contribution in [-0.2, 0) is 20.8 Å². The smallest absolute Gasteiger partial charge is 0.534 e. The minimum Gasteiger partial charge on any atom is -0.534 e. The molecule has 2 aliphatic rings. The van der Waals surface area contributed by atoms with E-state index in [1.807, 2.05) is 0 Å². The minimum absolute atomic E-state index is 0.0795. The van der Waals surface area contributed by atoms with Gasteiger partial charge in [0.2, 0.25) is 5.91 Å². The highest BCUT2D eigenvalue weighted by molar-refractivity contribution is 6.47. The molecule has 2 aromatic carbocycles. The molecule has 0 radical (unpaired) electrons. The van der Waals surface area contributed by atoms with Crippen molar-refractivity contribution in [3.05, 3.63) is 51.8 Å². The van der Waals surface area contributed by atoms with Crippen LogP contribution in [0.5, 0.6) is 17.2 Å². The molecule has 2 aromatic rings. The van der Waals surface area contributed by atoms with Crippen LogP contribution in [0.15, 0.2) is 24.3 Å². The minimum atomic E-state index is -1.90. The Balaban J connectivity index is 1.62. The average Bonchev–Trinajstić information content (AvgIpc) is 2.92. The number of phenolic OH excluding ortho intramolecular Hbond substituents is 2. The van der Waals surface area contributed by atoms with Gasteiger partial charge in [0.1, 0.15) is 23.2 Å². The Bertz CT molecular complexity index is 1410. The van der Waals surface area contributed by atoms with Crippen molar-refractivity contribution in [3.8, 4) is 17.2 Å². The molecule has 3 amide bonds. The summed E-state index contributed by atoms with van der Waals surface area (Å²) < 4.78 is 19.3. The monoisotopic (exact) mass is 594 g/mol. The number of aromatic hydroxyl groups is 2. The number of aliphatic hydroxyl groups excluding tert-OH is 1. The molecule has 0 aromatic heterocycles. The maximum atomic E-state index is 14.1. The largest absolute Gasteiger partial charge is 0.547 e. The Morgan fingerprint density at radius 1 is 1.20 bits per heavy atom. The summed E-state index contributed by atoms with van der Waals surface area (Å²) in [5.41, 5.74) is -0.781. The first-order chi connectivity index (χ1) is 19.3. The summed E-state index contributed by atoms with van der Waals surface area (Å²) in [6.45, 7) is 1.98. The number of carboxylic acid groups (broad SMARTS) is 1. The van der Waals surface area contributed by atoms with E-state index in [-0.39, 0.29) is 37.2 Å². The summed E-state index contributed by atoms with van der Waals surface area (Å²) in [5, 5.41) is 55.1. The second kappa shape index (κ2) is 11.8.